The molecule has 2 aliphatic rings. The molecule has 4 nitrogen and oxygen atoms in total. The normalized spacial score (nSPS) is 21.4. The van der Waals surface area contributed by atoms with Crippen LogP contribution in [0.4, 0.5) is 18.9 Å². The number of ether oxygens (including phenoxy) is 1. The number of piperidine rings is 1. The van der Waals surface area contributed by atoms with Gasteiger partial charge in [0.2, 0.25) is 0 Å². The third kappa shape index (κ3) is 3.00. The van der Waals surface area contributed by atoms with Crippen molar-refractivity contribution in [1.29, 1.82) is 5.26 Å². The molecule has 1 fully saturated rings. The van der Waals surface area contributed by atoms with Crippen molar-refractivity contribution in [3.8, 4) is 17.6 Å². The van der Waals surface area contributed by atoms with Crippen LogP contribution in [0.2, 0.25) is 0 Å². The minimum Gasteiger partial charge on any atom is -0.456 e. The van der Waals surface area contributed by atoms with Crippen molar-refractivity contribution in [3.63, 3.8) is 0 Å². The molecule has 2 unspecified atom stereocenters. The summed E-state index contributed by atoms with van der Waals surface area (Å²) in [6.07, 6.45) is -3.70. The number of alkyl halides is 3. The van der Waals surface area contributed by atoms with Gasteiger partial charge in [-0.2, -0.15) is 18.4 Å². The van der Waals surface area contributed by atoms with Crippen LogP contribution in [-0.4, -0.2) is 26.2 Å². The molecule has 1 saturated heterocycles. The van der Waals surface area contributed by atoms with Crippen LogP contribution in [0.3, 0.4) is 0 Å². The Kier molecular flexibility index (Phi) is 4.23. The first-order valence-electron chi connectivity index (χ1n) is 8.76. The zero-order valence-electron chi connectivity index (χ0n) is 14.7. The van der Waals surface area contributed by atoms with E-state index in [9.17, 15) is 18.4 Å². The Hall–Kier alpha value is -2.72. The van der Waals surface area contributed by atoms with E-state index in [2.05, 4.69) is 5.32 Å². The summed E-state index contributed by atoms with van der Waals surface area (Å²) in [6.45, 7) is 1.43. The van der Waals surface area contributed by atoms with E-state index < -0.39 is 11.7 Å². The molecule has 0 bridgehead atoms. The smallest absolute Gasteiger partial charge is 0.418 e. The first-order valence-corrected chi connectivity index (χ1v) is 8.76. The van der Waals surface area contributed by atoms with Gasteiger partial charge in [-0.05, 0) is 42.8 Å². The van der Waals surface area contributed by atoms with Crippen molar-refractivity contribution in [1.82, 2.24) is 5.32 Å². The molecule has 0 saturated carbocycles. The van der Waals surface area contributed by atoms with Crippen LogP contribution in [0.5, 0.6) is 11.5 Å². The third-order valence-electron chi connectivity index (χ3n) is 5.35. The quantitative estimate of drug-likeness (QED) is 0.854. The number of hydrogen-bond donors (Lipinski definition) is 1. The number of rotatable bonds is 2. The topological polar surface area (TPSA) is 48.3 Å². The molecular weight excluding hydrogens is 355 g/mol. The van der Waals surface area contributed by atoms with Gasteiger partial charge in [0, 0.05) is 25.6 Å². The molecule has 0 aromatic heterocycles. The minimum absolute atomic E-state index is 0.0189. The Morgan fingerprint density at radius 2 is 2.04 bits per heavy atom. The summed E-state index contributed by atoms with van der Waals surface area (Å²) in [7, 11) is 1.73. The summed E-state index contributed by atoms with van der Waals surface area (Å²) in [5.41, 5.74) is 0.471. The largest absolute Gasteiger partial charge is 0.456 e. The highest BCUT2D eigenvalue weighted by Gasteiger charge is 2.45. The Bertz CT molecular complexity index is 920. The number of anilines is 1. The lowest BCUT2D eigenvalue weighted by Crippen LogP contribution is -2.42. The van der Waals surface area contributed by atoms with Crippen LogP contribution in [0.25, 0.3) is 0 Å². The molecule has 2 aromatic rings. The molecule has 0 radical (unpaired) electrons. The molecule has 0 amide bonds. The van der Waals surface area contributed by atoms with Gasteiger partial charge in [-0.3, -0.25) is 0 Å². The van der Waals surface area contributed by atoms with Gasteiger partial charge in [-0.15, -0.1) is 0 Å². The molecule has 2 aromatic carbocycles. The number of nitriles is 1. The molecule has 2 aliphatic heterocycles. The fourth-order valence-corrected chi connectivity index (χ4v) is 4.15. The van der Waals surface area contributed by atoms with E-state index in [4.69, 9.17) is 4.74 Å². The van der Waals surface area contributed by atoms with Crippen molar-refractivity contribution in [2.75, 3.05) is 25.0 Å². The van der Waals surface area contributed by atoms with E-state index in [1.165, 1.54) is 0 Å². The predicted octanol–water partition coefficient (Wildman–Crippen LogP) is 4.26. The highest BCUT2D eigenvalue weighted by Crippen LogP contribution is 2.50. The monoisotopic (exact) mass is 373 g/mol. The second-order valence-corrected chi connectivity index (χ2v) is 6.89. The van der Waals surface area contributed by atoms with Crippen LogP contribution in [-0.2, 0) is 6.18 Å². The van der Waals surface area contributed by atoms with Crippen LogP contribution < -0.4 is 15.0 Å². The summed E-state index contributed by atoms with van der Waals surface area (Å²) in [6, 6.07) is 11.3. The van der Waals surface area contributed by atoms with Gasteiger partial charge in [0.05, 0.1) is 16.8 Å². The van der Waals surface area contributed by atoms with Crippen molar-refractivity contribution < 1.29 is 17.9 Å². The molecule has 27 heavy (non-hydrogen) atoms. The lowest BCUT2D eigenvalue weighted by molar-refractivity contribution is -0.137. The Labute approximate surface area is 155 Å². The zero-order valence-corrected chi connectivity index (χ0v) is 14.7. The SMILES string of the molecule is CN1c2c(cc(Oc3ccccc3C#N)cc2C(F)(F)F)C2CNCCC21. The first kappa shape index (κ1) is 17.7. The third-order valence-corrected chi connectivity index (χ3v) is 5.35. The standard InChI is InChI=1S/C20H18F3N3O/c1-26-17-6-7-25-11-15(17)14-8-13(9-16(19(14)26)20(21,22)23)27-18-5-3-2-4-12(18)10-24/h2-5,8-9,15,17,25H,6-7,11H2,1H3. The molecular formula is C20H18F3N3O. The van der Waals surface area contributed by atoms with Gasteiger partial charge in [-0.25, -0.2) is 0 Å². The van der Waals surface area contributed by atoms with Crippen LogP contribution in [0.1, 0.15) is 29.0 Å². The second-order valence-electron chi connectivity index (χ2n) is 6.89. The van der Waals surface area contributed by atoms with Crippen molar-refractivity contribution in [2.45, 2.75) is 24.6 Å². The number of para-hydroxylation sites is 1. The van der Waals surface area contributed by atoms with E-state index in [0.717, 1.165) is 19.0 Å². The van der Waals surface area contributed by atoms with E-state index in [-0.39, 0.29) is 34.7 Å². The number of benzene rings is 2. The number of likely N-dealkylation sites (N-methyl/N-ethyl adjacent to an activating group) is 1. The molecule has 140 valence electrons. The van der Waals surface area contributed by atoms with Crippen LogP contribution in [0.15, 0.2) is 36.4 Å². The van der Waals surface area contributed by atoms with Crippen molar-refractivity contribution >= 4 is 5.69 Å². The molecule has 1 N–H and O–H groups in total. The Morgan fingerprint density at radius 1 is 1.26 bits per heavy atom. The van der Waals surface area contributed by atoms with Gasteiger partial charge in [0.15, 0.2) is 0 Å². The van der Waals surface area contributed by atoms with Gasteiger partial charge in [0.25, 0.3) is 0 Å². The van der Waals surface area contributed by atoms with Crippen LogP contribution in [0, 0.1) is 11.3 Å². The van der Waals surface area contributed by atoms with Crippen LogP contribution >= 0.6 is 0 Å². The summed E-state index contributed by atoms with van der Waals surface area (Å²) < 4.78 is 47.1. The Balaban J connectivity index is 1.83. The summed E-state index contributed by atoms with van der Waals surface area (Å²) in [5.74, 6) is 0.329. The average Bonchev–Trinajstić information content (AvgIpc) is 2.94. The summed E-state index contributed by atoms with van der Waals surface area (Å²) in [4.78, 5) is 1.76. The van der Waals surface area contributed by atoms with E-state index in [0.29, 0.717) is 12.1 Å². The van der Waals surface area contributed by atoms with E-state index in [1.54, 1.807) is 42.3 Å². The van der Waals surface area contributed by atoms with Gasteiger partial charge in [0.1, 0.15) is 17.6 Å². The number of fused-ring (bicyclic) bond motifs is 3. The van der Waals surface area contributed by atoms with Gasteiger partial charge >= 0.3 is 6.18 Å². The number of nitrogens with one attached hydrogen (secondary N) is 1. The fraction of sp³-hybridized carbons (Fsp3) is 0.350. The molecule has 2 atom stereocenters. The second kappa shape index (κ2) is 6.46. The Morgan fingerprint density at radius 3 is 2.78 bits per heavy atom. The highest BCUT2D eigenvalue weighted by molar-refractivity contribution is 5.69. The van der Waals surface area contributed by atoms with Crippen molar-refractivity contribution in [2.24, 2.45) is 0 Å². The molecule has 2 heterocycles. The number of nitrogens with zero attached hydrogens (tertiary/aromatic N) is 2. The lowest BCUT2D eigenvalue weighted by atomic mass is 9.89. The summed E-state index contributed by atoms with van der Waals surface area (Å²) in [5, 5.41) is 12.5. The minimum atomic E-state index is -4.49. The van der Waals surface area contributed by atoms with E-state index in [1.807, 2.05) is 6.07 Å². The lowest BCUT2D eigenvalue weighted by Gasteiger charge is -2.31. The molecule has 4 rings (SSSR count). The molecule has 7 heteroatoms. The highest BCUT2D eigenvalue weighted by atomic mass is 19.4. The summed E-state index contributed by atoms with van der Waals surface area (Å²) >= 11 is 0. The molecule has 0 aliphatic carbocycles. The maximum absolute atomic E-state index is 13.8. The average molecular weight is 373 g/mol. The fourth-order valence-electron chi connectivity index (χ4n) is 4.15. The zero-order chi connectivity index (χ0) is 19.2. The van der Waals surface area contributed by atoms with Crippen molar-refractivity contribution in [3.05, 3.63) is 53.1 Å². The number of halogens is 3. The van der Waals surface area contributed by atoms with Gasteiger partial charge < -0.3 is 15.0 Å². The number of hydrogen-bond acceptors (Lipinski definition) is 4. The van der Waals surface area contributed by atoms with E-state index >= 15 is 0 Å². The van der Waals surface area contributed by atoms with Gasteiger partial charge in [-0.1, -0.05) is 12.1 Å². The molecule has 0 spiro atoms. The maximum Gasteiger partial charge on any atom is 0.418 e. The first-order chi connectivity index (χ1) is 12.9. The maximum atomic E-state index is 13.8. The predicted molar refractivity (Wildman–Crippen MR) is 95.1 cm³/mol.